The maximum atomic E-state index is 3.65. The van der Waals surface area contributed by atoms with Crippen molar-refractivity contribution in [2.75, 3.05) is 0 Å². The zero-order chi connectivity index (χ0) is 11.2. The minimum Gasteiger partial charge on any atom is -0.357 e. The molecule has 2 heteroatoms. The molecular formula is C15H15NS. The minimum atomic E-state index is -0.209. The molecule has 2 heterocycles. The Bertz CT molecular complexity index is 619. The predicted molar refractivity (Wildman–Crippen MR) is 75.8 cm³/mol. The number of hydrogen-bond acceptors (Lipinski definition) is 0. The van der Waals surface area contributed by atoms with Crippen LogP contribution in [0.1, 0.15) is 24.5 Å². The van der Waals surface area contributed by atoms with Gasteiger partial charge in [-0.25, -0.2) is 0 Å². The first-order valence-corrected chi connectivity index (χ1v) is 7.65. The lowest BCUT2D eigenvalue weighted by Gasteiger charge is -2.12. The zero-order valence-corrected chi connectivity index (χ0v) is 10.5. The van der Waals surface area contributed by atoms with E-state index in [2.05, 4.69) is 52.2 Å². The molecule has 2 aromatic rings. The molecule has 0 saturated heterocycles. The monoisotopic (exact) mass is 241 g/mol. The number of fused-ring (bicyclic) bond motifs is 1. The number of H-pyrrole nitrogens is 1. The first-order valence-electron chi connectivity index (χ1n) is 6.17. The predicted octanol–water partition coefficient (Wildman–Crippen LogP) is 4.45. The summed E-state index contributed by atoms with van der Waals surface area (Å²) in [5.74, 6) is 0.794. The van der Waals surface area contributed by atoms with Gasteiger partial charge < -0.3 is 4.98 Å². The molecule has 1 N–H and O–H groups in total. The Labute approximate surface area is 104 Å². The lowest BCUT2D eigenvalue weighted by Crippen LogP contribution is -1.83. The van der Waals surface area contributed by atoms with Crippen molar-refractivity contribution in [1.29, 1.82) is 0 Å². The Kier molecular flexibility index (Phi) is 2.00. The third-order valence-corrected chi connectivity index (χ3v) is 5.54. The fourth-order valence-electron chi connectivity index (χ4n) is 2.58. The Morgan fingerprint density at radius 1 is 1.06 bits per heavy atom. The lowest BCUT2D eigenvalue weighted by molar-refractivity contribution is 1.02. The van der Waals surface area contributed by atoms with Gasteiger partial charge in [-0.2, -0.15) is 10.9 Å². The third kappa shape index (κ3) is 1.48. The summed E-state index contributed by atoms with van der Waals surface area (Å²) in [6.45, 7) is 0. The van der Waals surface area contributed by atoms with E-state index in [1.165, 1.54) is 29.4 Å². The second kappa shape index (κ2) is 3.54. The van der Waals surface area contributed by atoms with Gasteiger partial charge in [-0.15, -0.1) is 0 Å². The molecule has 0 amide bonds. The Morgan fingerprint density at radius 3 is 2.59 bits per heavy atom. The van der Waals surface area contributed by atoms with Crippen LogP contribution in [0.15, 0.2) is 52.1 Å². The van der Waals surface area contributed by atoms with Crippen LogP contribution in [0.5, 0.6) is 0 Å². The summed E-state index contributed by atoms with van der Waals surface area (Å²) < 4.78 is 0. The molecule has 0 unspecified atom stereocenters. The van der Waals surface area contributed by atoms with Gasteiger partial charge in [-0.05, 0) is 29.7 Å². The normalized spacial score (nSPS) is 20.6. The van der Waals surface area contributed by atoms with Crippen molar-refractivity contribution in [2.24, 2.45) is 0 Å². The number of aromatic amines is 1. The van der Waals surface area contributed by atoms with Gasteiger partial charge in [-0.1, -0.05) is 30.4 Å². The molecule has 0 spiro atoms. The number of thiol groups is 1. The summed E-state index contributed by atoms with van der Waals surface area (Å²) in [7, 11) is -0.209. The number of nitrogens with one attached hydrogen (secondary N) is 1. The quantitative estimate of drug-likeness (QED) is 0.723. The summed E-state index contributed by atoms with van der Waals surface area (Å²) in [5, 5.41) is 6.14. The summed E-state index contributed by atoms with van der Waals surface area (Å²) >= 11 is 0. The van der Waals surface area contributed by atoms with Gasteiger partial charge in [0.25, 0.3) is 0 Å². The fourth-order valence-corrected chi connectivity index (χ4v) is 4.53. The number of rotatable bonds is 2. The van der Waals surface area contributed by atoms with Gasteiger partial charge in [0.15, 0.2) is 0 Å². The standard InChI is InChI=1S/C15H15NS/c1-2-6-13-12(5-1)15(17-9-3-4-10-17)14(16-13)11-7-8-11/h1-6,9-11,16-17H,7-8H2. The molecule has 1 aromatic carbocycles. The number of para-hydroxylation sites is 1. The van der Waals surface area contributed by atoms with Crippen LogP contribution in [0.25, 0.3) is 10.9 Å². The van der Waals surface area contributed by atoms with Crippen LogP contribution in [-0.4, -0.2) is 4.98 Å². The van der Waals surface area contributed by atoms with Gasteiger partial charge in [0, 0.05) is 27.4 Å². The molecule has 0 atom stereocenters. The van der Waals surface area contributed by atoms with Gasteiger partial charge >= 0.3 is 0 Å². The highest BCUT2D eigenvalue weighted by Crippen LogP contribution is 2.53. The number of benzene rings is 1. The largest absolute Gasteiger partial charge is 0.357 e. The summed E-state index contributed by atoms with van der Waals surface area (Å²) in [5.41, 5.74) is 2.81. The van der Waals surface area contributed by atoms with Crippen molar-refractivity contribution < 1.29 is 0 Å². The van der Waals surface area contributed by atoms with Gasteiger partial charge in [-0.3, -0.25) is 0 Å². The molecule has 1 fully saturated rings. The van der Waals surface area contributed by atoms with Crippen LogP contribution in [-0.2, 0) is 0 Å². The van der Waals surface area contributed by atoms with Crippen molar-refractivity contribution in [1.82, 2.24) is 4.98 Å². The molecule has 17 heavy (non-hydrogen) atoms. The first-order chi connectivity index (χ1) is 8.43. The molecule has 1 nitrogen and oxygen atoms in total. The highest BCUT2D eigenvalue weighted by Gasteiger charge is 2.30. The molecule has 4 rings (SSSR count). The molecule has 1 aliphatic heterocycles. The van der Waals surface area contributed by atoms with Crippen LogP contribution in [0, 0.1) is 0 Å². The Balaban J connectivity index is 1.99. The summed E-state index contributed by atoms with van der Waals surface area (Å²) in [6, 6.07) is 8.72. The molecule has 86 valence electrons. The summed E-state index contributed by atoms with van der Waals surface area (Å²) in [4.78, 5) is 5.22. The van der Waals surface area contributed by atoms with E-state index in [1.54, 1.807) is 4.90 Å². The molecule has 1 aromatic heterocycles. The Morgan fingerprint density at radius 2 is 1.82 bits per heavy atom. The maximum Gasteiger partial charge on any atom is 0.0467 e. The molecule has 0 bridgehead atoms. The lowest BCUT2D eigenvalue weighted by atomic mass is 10.2. The highest BCUT2D eigenvalue weighted by atomic mass is 32.2. The van der Waals surface area contributed by atoms with Crippen LogP contribution < -0.4 is 0 Å². The first kappa shape index (κ1) is 9.60. The van der Waals surface area contributed by atoms with Crippen LogP contribution in [0.2, 0.25) is 0 Å². The molecular weight excluding hydrogens is 226 g/mol. The van der Waals surface area contributed by atoms with Crippen molar-refractivity contribution in [2.45, 2.75) is 23.7 Å². The third-order valence-electron chi connectivity index (χ3n) is 3.55. The van der Waals surface area contributed by atoms with Crippen LogP contribution in [0.4, 0.5) is 0 Å². The van der Waals surface area contributed by atoms with E-state index in [-0.39, 0.29) is 10.9 Å². The minimum absolute atomic E-state index is 0.209. The average Bonchev–Trinajstić information content (AvgIpc) is 2.92. The number of aromatic nitrogens is 1. The van der Waals surface area contributed by atoms with Gasteiger partial charge in [0.2, 0.25) is 0 Å². The average molecular weight is 241 g/mol. The van der Waals surface area contributed by atoms with Crippen molar-refractivity contribution in [3.63, 3.8) is 0 Å². The second-order valence-corrected chi connectivity index (χ2v) is 6.66. The molecule has 2 aliphatic rings. The topological polar surface area (TPSA) is 15.8 Å². The van der Waals surface area contributed by atoms with Gasteiger partial charge in [0.05, 0.1) is 0 Å². The molecule has 1 saturated carbocycles. The maximum absolute atomic E-state index is 3.65. The van der Waals surface area contributed by atoms with Crippen molar-refractivity contribution >= 4 is 21.8 Å². The van der Waals surface area contributed by atoms with Crippen LogP contribution in [0.3, 0.4) is 0 Å². The van der Waals surface area contributed by atoms with E-state index in [0.717, 1.165) is 5.92 Å². The Hall–Kier alpha value is -1.41. The fraction of sp³-hybridized carbons (Fsp3) is 0.200. The van der Waals surface area contributed by atoms with E-state index >= 15 is 0 Å². The van der Waals surface area contributed by atoms with Crippen molar-refractivity contribution in [3.05, 3.63) is 52.9 Å². The molecule has 0 radical (unpaired) electrons. The molecule has 1 aliphatic carbocycles. The van der Waals surface area contributed by atoms with E-state index < -0.39 is 0 Å². The van der Waals surface area contributed by atoms with E-state index in [0.29, 0.717) is 0 Å². The highest BCUT2D eigenvalue weighted by molar-refractivity contribution is 8.22. The van der Waals surface area contributed by atoms with Crippen LogP contribution >= 0.6 is 10.9 Å². The number of allylic oxidation sites excluding steroid dienone is 2. The second-order valence-electron chi connectivity index (χ2n) is 4.80. The van der Waals surface area contributed by atoms with Gasteiger partial charge in [0.1, 0.15) is 0 Å². The van der Waals surface area contributed by atoms with Crippen molar-refractivity contribution in [3.8, 4) is 0 Å². The van der Waals surface area contributed by atoms with E-state index in [1.807, 2.05) is 0 Å². The number of hydrogen-bond donors (Lipinski definition) is 2. The van der Waals surface area contributed by atoms with E-state index in [4.69, 9.17) is 0 Å². The summed E-state index contributed by atoms with van der Waals surface area (Å²) in [6.07, 6.45) is 7.08. The SMILES string of the molecule is C1=C[SH](c2c(C3CC3)[nH]c3ccccc23)C=C1. The van der Waals surface area contributed by atoms with E-state index in [9.17, 15) is 0 Å². The smallest absolute Gasteiger partial charge is 0.0467 e. The zero-order valence-electron chi connectivity index (χ0n) is 9.56.